The Bertz CT molecular complexity index is 799. The monoisotopic (exact) mass is 354 g/mol. The molecule has 0 N–H and O–H groups in total. The molecule has 0 unspecified atom stereocenters. The maximum absolute atomic E-state index is 12.8. The van der Waals surface area contributed by atoms with E-state index in [9.17, 15) is 4.79 Å². The van der Waals surface area contributed by atoms with Gasteiger partial charge in [0.25, 0.3) is 0 Å². The number of carbonyl (C=O) groups is 1. The van der Waals surface area contributed by atoms with Crippen LogP contribution in [0.25, 0.3) is 5.65 Å². The molecular formula is C19H26N6O. The summed E-state index contributed by atoms with van der Waals surface area (Å²) in [6, 6.07) is 0. The lowest BCUT2D eigenvalue weighted by molar-refractivity contribution is -0.137. The van der Waals surface area contributed by atoms with Gasteiger partial charge in [-0.3, -0.25) is 9.20 Å². The number of likely N-dealkylation sites (tertiary alicyclic amines) is 1. The van der Waals surface area contributed by atoms with Crippen LogP contribution in [0.3, 0.4) is 0 Å². The number of hydrogen-bond donors (Lipinski definition) is 0. The molecule has 0 atom stereocenters. The maximum Gasteiger partial charge on any atom is 0.225 e. The van der Waals surface area contributed by atoms with Crippen LogP contribution in [0.5, 0.6) is 0 Å². The highest BCUT2D eigenvalue weighted by Gasteiger charge is 2.32. The van der Waals surface area contributed by atoms with Gasteiger partial charge in [0.1, 0.15) is 5.82 Å². The van der Waals surface area contributed by atoms with Gasteiger partial charge in [0, 0.05) is 50.4 Å². The number of fused-ring (bicyclic) bond motifs is 1. The Balaban J connectivity index is 1.29. The predicted molar refractivity (Wildman–Crippen MR) is 98.1 cm³/mol. The van der Waals surface area contributed by atoms with Crippen LogP contribution in [0.4, 0.5) is 5.82 Å². The summed E-state index contributed by atoms with van der Waals surface area (Å²) < 4.78 is 2.10. The second-order valence-corrected chi connectivity index (χ2v) is 7.92. The molecule has 0 bridgehead atoms. The van der Waals surface area contributed by atoms with Crippen molar-refractivity contribution < 1.29 is 4.79 Å². The Morgan fingerprint density at radius 3 is 2.46 bits per heavy atom. The second kappa shape index (κ2) is 6.52. The second-order valence-electron chi connectivity index (χ2n) is 7.92. The first-order valence-electron chi connectivity index (χ1n) is 10.0. The van der Waals surface area contributed by atoms with Crippen LogP contribution in [0.15, 0.2) is 12.4 Å². The summed E-state index contributed by atoms with van der Waals surface area (Å²) in [6.07, 6.45) is 11.6. The van der Waals surface area contributed by atoms with Gasteiger partial charge in [-0.1, -0.05) is 0 Å². The fourth-order valence-electron chi connectivity index (χ4n) is 4.38. The van der Waals surface area contributed by atoms with Gasteiger partial charge >= 0.3 is 0 Å². The molecule has 0 radical (unpaired) electrons. The standard InChI is InChI=1S/C19H26N6O/c26-19(24-9-2-1-3-10-24)15-6-11-23(12-7-15)17-18-22-21-16(14-4-5-14)25(18)13-8-20-17/h8,13-15H,1-7,9-12H2. The molecule has 2 aliphatic heterocycles. The van der Waals surface area contributed by atoms with E-state index in [2.05, 4.69) is 29.4 Å². The molecule has 4 heterocycles. The van der Waals surface area contributed by atoms with Crippen molar-refractivity contribution >= 4 is 17.4 Å². The van der Waals surface area contributed by atoms with Gasteiger partial charge in [0.15, 0.2) is 5.82 Å². The molecule has 2 aromatic rings. The molecule has 1 amide bonds. The largest absolute Gasteiger partial charge is 0.353 e. The van der Waals surface area contributed by atoms with E-state index < -0.39 is 0 Å². The molecule has 3 aliphatic rings. The number of rotatable bonds is 3. The van der Waals surface area contributed by atoms with E-state index >= 15 is 0 Å². The molecule has 7 heteroatoms. The number of aromatic nitrogens is 4. The minimum atomic E-state index is 0.170. The van der Waals surface area contributed by atoms with Crippen molar-refractivity contribution in [2.75, 3.05) is 31.1 Å². The summed E-state index contributed by atoms with van der Waals surface area (Å²) in [5.41, 5.74) is 0.857. The van der Waals surface area contributed by atoms with Crippen LogP contribution < -0.4 is 4.90 Å². The van der Waals surface area contributed by atoms with Crippen LogP contribution in [-0.2, 0) is 4.79 Å². The number of piperidine rings is 2. The highest BCUT2D eigenvalue weighted by atomic mass is 16.2. The van der Waals surface area contributed by atoms with Gasteiger partial charge in [-0.05, 0) is 44.9 Å². The first-order chi connectivity index (χ1) is 12.8. The van der Waals surface area contributed by atoms with Crippen LogP contribution in [0, 0.1) is 5.92 Å². The van der Waals surface area contributed by atoms with E-state index in [0.29, 0.717) is 11.8 Å². The van der Waals surface area contributed by atoms with Gasteiger partial charge in [0.05, 0.1) is 0 Å². The molecule has 138 valence electrons. The highest BCUT2D eigenvalue weighted by molar-refractivity contribution is 5.79. The van der Waals surface area contributed by atoms with Crippen LogP contribution in [0.2, 0.25) is 0 Å². The minimum Gasteiger partial charge on any atom is -0.353 e. The molecule has 3 fully saturated rings. The molecule has 0 spiro atoms. The SMILES string of the molecule is O=C(C1CCN(c2nccn3c(C4CC4)nnc23)CC1)N1CCCCC1. The Labute approximate surface area is 153 Å². The van der Waals surface area contributed by atoms with Crippen molar-refractivity contribution in [3.05, 3.63) is 18.2 Å². The number of hydrogen-bond acceptors (Lipinski definition) is 5. The van der Waals surface area contributed by atoms with Crippen LogP contribution in [0.1, 0.15) is 56.7 Å². The van der Waals surface area contributed by atoms with Crippen molar-refractivity contribution in [1.29, 1.82) is 0 Å². The third-order valence-corrected chi connectivity index (χ3v) is 6.09. The molecule has 0 aromatic carbocycles. The van der Waals surface area contributed by atoms with Gasteiger partial charge in [0.2, 0.25) is 11.6 Å². The maximum atomic E-state index is 12.8. The third kappa shape index (κ3) is 2.83. The number of nitrogens with zero attached hydrogens (tertiary/aromatic N) is 6. The molecular weight excluding hydrogens is 328 g/mol. The summed E-state index contributed by atoms with van der Waals surface area (Å²) >= 11 is 0. The Morgan fingerprint density at radius 2 is 1.73 bits per heavy atom. The molecule has 1 saturated carbocycles. The Hall–Kier alpha value is -2.18. The summed E-state index contributed by atoms with van der Waals surface area (Å²) in [5, 5.41) is 8.82. The lowest BCUT2D eigenvalue weighted by Crippen LogP contribution is -2.44. The average molecular weight is 354 g/mol. The lowest BCUT2D eigenvalue weighted by Gasteiger charge is -2.36. The highest BCUT2D eigenvalue weighted by Crippen LogP contribution is 2.39. The molecule has 5 rings (SSSR count). The molecule has 2 aromatic heterocycles. The molecule has 1 aliphatic carbocycles. The molecule has 2 saturated heterocycles. The van der Waals surface area contributed by atoms with Crippen molar-refractivity contribution in [3.8, 4) is 0 Å². The Kier molecular flexibility index (Phi) is 4.02. The predicted octanol–water partition coefficient (Wildman–Crippen LogP) is 2.23. The van der Waals surface area contributed by atoms with Gasteiger partial charge in [-0.25, -0.2) is 4.98 Å². The average Bonchev–Trinajstić information content (AvgIpc) is 3.46. The quantitative estimate of drug-likeness (QED) is 0.846. The fraction of sp³-hybridized carbons (Fsp3) is 0.684. The zero-order valence-electron chi connectivity index (χ0n) is 15.2. The van der Waals surface area contributed by atoms with Crippen molar-refractivity contribution in [3.63, 3.8) is 0 Å². The normalized spacial score (nSPS) is 22.2. The summed E-state index contributed by atoms with van der Waals surface area (Å²) in [7, 11) is 0. The molecule has 26 heavy (non-hydrogen) atoms. The van der Waals surface area contributed by atoms with Crippen molar-refractivity contribution in [2.45, 2.75) is 50.9 Å². The van der Waals surface area contributed by atoms with Crippen molar-refractivity contribution in [2.24, 2.45) is 5.92 Å². The zero-order chi connectivity index (χ0) is 17.5. The van der Waals surface area contributed by atoms with Gasteiger partial charge in [-0.2, -0.15) is 0 Å². The van der Waals surface area contributed by atoms with Crippen molar-refractivity contribution in [1.82, 2.24) is 24.5 Å². The Morgan fingerprint density at radius 1 is 0.962 bits per heavy atom. The van der Waals surface area contributed by atoms with Gasteiger partial charge in [-0.15, -0.1) is 10.2 Å². The smallest absolute Gasteiger partial charge is 0.225 e. The topological polar surface area (TPSA) is 66.6 Å². The van der Waals surface area contributed by atoms with E-state index in [1.807, 2.05) is 12.4 Å². The van der Waals surface area contributed by atoms with E-state index in [1.165, 1.54) is 19.3 Å². The van der Waals surface area contributed by atoms with Crippen LogP contribution >= 0.6 is 0 Å². The number of amides is 1. The van der Waals surface area contributed by atoms with Gasteiger partial charge < -0.3 is 9.80 Å². The van der Waals surface area contributed by atoms with E-state index in [-0.39, 0.29) is 5.92 Å². The lowest BCUT2D eigenvalue weighted by atomic mass is 9.94. The molecule has 7 nitrogen and oxygen atoms in total. The number of anilines is 1. The van der Waals surface area contributed by atoms with Crippen LogP contribution in [-0.4, -0.2) is 56.6 Å². The van der Waals surface area contributed by atoms with E-state index in [0.717, 1.165) is 69.2 Å². The summed E-state index contributed by atoms with van der Waals surface area (Å²) in [4.78, 5) is 21.7. The fourth-order valence-corrected chi connectivity index (χ4v) is 4.38. The van der Waals surface area contributed by atoms with E-state index in [1.54, 1.807) is 0 Å². The first kappa shape index (κ1) is 16.0. The minimum absolute atomic E-state index is 0.170. The summed E-state index contributed by atoms with van der Waals surface area (Å²) in [5.74, 6) is 3.08. The summed E-state index contributed by atoms with van der Waals surface area (Å²) in [6.45, 7) is 3.62. The third-order valence-electron chi connectivity index (χ3n) is 6.09. The number of carbonyl (C=O) groups excluding carboxylic acids is 1. The first-order valence-corrected chi connectivity index (χ1v) is 10.0. The van der Waals surface area contributed by atoms with E-state index in [4.69, 9.17) is 0 Å². The zero-order valence-corrected chi connectivity index (χ0v) is 15.2.